The number of hydrogen-bond donors (Lipinski definition) is 2. The lowest BCUT2D eigenvalue weighted by molar-refractivity contribution is -0.122. The smallest absolute Gasteiger partial charge is 0.234 e. The molecule has 0 atom stereocenters. The molecule has 0 heterocycles. The lowest BCUT2D eigenvalue weighted by atomic mass is 10.2. The number of phenols is 1. The molecule has 0 radical (unpaired) electrons. The molecule has 1 aromatic rings. The minimum absolute atomic E-state index is 0.0188. The van der Waals surface area contributed by atoms with E-state index < -0.39 is 0 Å². The Morgan fingerprint density at radius 3 is 2.72 bits per heavy atom. The highest BCUT2D eigenvalue weighted by Crippen LogP contribution is 2.24. The van der Waals surface area contributed by atoms with Crippen LogP contribution in [-0.4, -0.2) is 35.5 Å². The molecule has 1 rings (SSSR count). The van der Waals surface area contributed by atoms with Crippen molar-refractivity contribution in [3.8, 4) is 5.75 Å². The van der Waals surface area contributed by atoms with Gasteiger partial charge in [0.05, 0.1) is 11.0 Å². The Hall–Kier alpha value is -1.07. The van der Waals surface area contributed by atoms with E-state index in [1.54, 1.807) is 6.07 Å². The Balaban J connectivity index is 2.51. The van der Waals surface area contributed by atoms with Crippen LogP contribution in [0.4, 0.5) is 0 Å². The van der Waals surface area contributed by atoms with Gasteiger partial charge >= 0.3 is 0 Å². The van der Waals surface area contributed by atoms with Gasteiger partial charge in [0.15, 0.2) is 0 Å². The van der Waals surface area contributed by atoms with Gasteiger partial charge in [-0.05, 0) is 54.5 Å². The first-order chi connectivity index (χ1) is 8.38. The van der Waals surface area contributed by atoms with Crippen LogP contribution in [0.15, 0.2) is 22.7 Å². The number of aromatic hydroxyl groups is 1. The molecule has 100 valence electrons. The van der Waals surface area contributed by atoms with Crippen LogP contribution in [0.2, 0.25) is 0 Å². The van der Waals surface area contributed by atoms with E-state index in [2.05, 4.69) is 21.2 Å². The van der Waals surface area contributed by atoms with Crippen LogP contribution in [0.1, 0.15) is 19.4 Å². The minimum atomic E-state index is 0.0188. The van der Waals surface area contributed by atoms with Crippen LogP contribution in [-0.2, 0) is 11.3 Å². The quantitative estimate of drug-likeness (QED) is 0.875. The predicted molar refractivity (Wildman–Crippen MR) is 75.4 cm³/mol. The Bertz CT molecular complexity index is 421. The molecule has 0 saturated carbocycles. The summed E-state index contributed by atoms with van der Waals surface area (Å²) in [6.07, 6.45) is 0. The summed E-state index contributed by atoms with van der Waals surface area (Å²) in [6, 6.07) is 5.50. The molecular formula is C13H19BrN2O2. The molecule has 0 aliphatic heterocycles. The molecule has 0 aliphatic rings. The third-order valence-corrected chi connectivity index (χ3v) is 2.96. The summed E-state index contributed by atoms with van der Waals surface area (Å²) in [6.45, 7) is 4.89. The number of halogens is 1. The summed E-state index contributed by atoms with van der Waals surface area (Å²) in [5, 5.41) is 12.2. The molecule has 1 aromatic carbocycles. The summed E-state index contributed by atoms with van der Waals surface area (Å²) in [5.41, 5.74) is 1.04. The first-order valence-electron chi connectivity index (χ1n) is 5.83. The second-order valence-electron chi connectivity index (χ2n) is 4.68. The lowest BCUT2D eigenvalue weighted by Gasteiger charge is -2.17. The van der Waals surface area contributed by atoms with Gasteiger partial charge in [-0.2, -0.15) is 0 Å². The topological polar surface area (TPSA) is 52.6 Å². The molecule has 0 unspecified atom stereocenters. The van der Waals surface area contributed by atoms with Crippen LogP contribution in [0.5, 0.6) is 5.75 Å². The first kappa shape index (κ1) is 15.0. The predicted octanol–water partition coefficient (Wildman–Crippen LogP) is 2.11. The van der Waals surface area contributed by atoms with Gasteiger partial charge in [0.1, 0.15) is 5.75 Å². The van der Waals surface area contributed by atoms with Gasteiger partial charge in [0.25, 0.3) is 0 Å². The van der Waals surface area contributed by atoms with E-state index in [4.69, 9.17) is 0 Å². The Morgan fingerprint density at radius 1 is 1.50 bits per heavy atom. The summed E-state index contributed by atoms with van der Waals surface area (Å²) in [4.78, 5) is 13.5. The van der Waals surface area contributed by atoms with Crippen LogP contribution in [0, 0.1) is 0 Å². The summed E-state index contributed by atoms with van der Waals surface area (Å²) in [7, 11) is 1.89. The second-order valence-corrected chi connectivity index (χ2v) is 5.53. The van der Waals surface area contributed by atoms with E-state index in [1.807, 2.05) is 37.9 Å². The van der Waals surface area contributed by atoms with E-state index in [0.29, 0.717) is 17.6 Å². The van der Waals surface area contributed by atoms with E-state index in [0.717, 1.165) is 5.56 Å². The van der Waals surface area contributed by atoms with Crippen LogP contribution in [0.3, 0.4) is 0 Å². The monoisotopic (exact) mass is 314 g/mol. The molecule has 2 N–H and O–H groups in total. The highest BCUT2D eigenvalue weighted by molar-refractivity contribution is 9.10. The standard InChI is InChI=1S/C13H19BrN2O2/c1-9(2)15-13(18)8-16(3)7-10-4-5-12(17)11(14)6-10/h4-6,9,17H,7-8H2,1-3H3,(H,15,18). The summed E-state index contributed by atoms with van der Waals surface area (Å²) >= 11 is 3.27. The maximum Gasteiger partial charge on any atom is 0.234 e. The number of carbonyl (C=O) groups excluding carboxylic acids is 1. The fraction of sp³-hybridized carbons (Fsp3) is 0.462. The molecule has 0 bridgehead atoms. The van der Waals surface area contributed by atoms with Crippen molar-refractivity contribution in [2.45, 2.75) is 26.4 Å². The lowest BCUT2D eigenvalue weighted by Crippen LogP contribution is -2.38. The molecule has 0 saturated heterocycles. The fourth-order valence-corrected chi connectivity index (χ4v) is 2.06. The maximum absolute atomic E-state index is 11.6. The van der Waals surface area contributed by atoms with Crippen molar-refractivity contribution in [1.82, 2.24) is 10.2 Å². The zero-order valence-corrected chi connectivity index (χ0v) is 12.5. The molecule has 4 nitrogen and oxygen atoms in total. The SMILES string of the molecule is CC(C)NC(=O)CN(C)Cc1ccc(O)c(Br)c1. The van der Waals surface area contributed by atoms with Crippen molar-refractivity contribution in [2.24, 2.45) is 0 Å². The Labute approximate surface area is 116 Å². The molecule has 0 fully saturated rings. The van der Waals surface area contributed by atoms with E-state index in [1.165, 1.54) is 0 Å². The molecule has 1 amide bonds. The summed E-state index contributed by atoms with van der Waals surface area (Å²) in [5.74, 6) is 0.240. The third kappa shape index (κ3) is 5.06. The average molecular weight is 315 g/mol. The summed E-state index contributed by atoms with van der Waals surface area (Å²) < 4.78 is 0.667. The van der Waals surface area contributed by atoms with E-state index in [-0.39, 0.29) is 17.7 Å². The van der Waals surface area contributed by atoms with Crippen LogP contribution in [0.25, 0.3) is 0 Å². The fourth-order valence-electron chi connectivity index (χ4n) is 1.63. The Morgan fingerprint density at radius 2 is 2.17 bits per heavy atom. The zero-order valence-electron chi connectivity index (χ0n) is 10.9. The Kier molecular flexibility index (Phi) is 5.62. The highest BCUT2D eigenvalue weighted by Gasteiger charge is 2.08. The van der Waals surface area contributed by atoms with Crippen molar-refractivity contribution in [2.75, 3.05) is 13.6 Å². The molecule has 0 aromatic heterocycles. The molecule has 18 heavy (non-hydrogen) atoms. The van der Waals surface area contributed by atoms with Crippen molar-refractivity contribution in [1.29, 1.82) is 0 Å². The maximum atomic E-state index is 11.6. The highest BCUT2D eigenvalue weighted by atomic mass is 79.9. The first-order valence-corrected chi connectivity index (χ1v) is 6.63. The van der Waals surface area contributed by atoms with Crippen molar-refractivity contribution >= 4 is 21.8 Å². The number of phenolic OH excluding ortho intramolecular Hbond substituents is 1. The molecule has 5 heteroatoms. The number of rotatable bonds is 5. The van der Waals surface area contributed by atoms with Crippen molar-refractivity contribution in [3.63, 3.8) is 0 Å². The number of nitrogens with zero attached hydrogens (tertiary/aromatic N) is 1. The van der Waals surface area contributed by atoms with Crippen molar-refractivity contribution in [3.05, 3.63) is 28.2 Å². The van der Waals surface area contributed by atoms with Gasteiger partial charge in [-0.1, -0.05) is 6.07 Å². The minimum Gasteiger partial charge on any atom is -0.507 e. The number of amides is 1. The average Bonchev–Trinajstić information content (AvgIpc) is 2.21. The third-order valence-electron chi connectivity index (χ3n) is 2.33. The molecular weight excluding hydrogens is 296 g/mol. The largest absolute Gasteiger partial charge is 0.507 e. The van der Waals surface area contributed by atoms with Gasteiger partial charge in [-0.25, -0.2) is 0 Å². The van der Waals surface area contributed by atoms with Gasteiger partial charge in [0, 0.05) is 12.6 Å². The number of benzene rings is 1. The van der Waals surface area contributed by atoms with Gasteiger partial charge in [-0.15, -0.1) is 0 Å². The molecule has 0 aliphatic carbocycles. The second kappa shape index (κ2) is 6.75. The zero-order chi connectivity index (χ0) is 13.7. The normalized spacial score (nSPS) is 11.0. The van der Waals surface area contributed by atoms with E-state index >= 15 is 0 Å². The number of hydrogen-bond acceptors (Lipinski definition) is 3. The van der Waals surface area contributed by atoms with Crippen LogP contribution >= 0.6 is 15.9 Å². The number of nitrogens with one attached hydrogen (secondary N) is 1. The van der Waals surface area contributed by atoms with E-state index in [9.17, 15) is 9.90 Å². The van der Waals surface area contributed by atoms with Gasteiger partial charge < -0.3 is 10.4 Å². The molecule has 0 spiro atoms. The van der Waals surface area contributed by atoms with Crippen molar-refractivity contribution < 1.29 is 9.90 Å². The van der Waals surface area contributed by atoms with Crippen LogP contribution < -0.4 is 5.32 Å². The number of carbonyl (C=O) groups is 1. The van der Waals surface area contributed by atoms with Gasteiger partial charge in [-0.3, -0.25) is 9.69 Å². The number of likely N-dealkylation sites (N-methyl/N-ethyl adjacent to an activating group) is 1. The van der Waals surface area contributed by atoms with Gasteiger partial charge in [0.2, 0.25) is 5.91 Å².